The van der Waals surface area contributed by atoms with Crippen molar-refractivity contribution in [3.05, 3.63) is 45.9 Å². The summed E-state index contributed by atoms with van der Waals surface area (Å²) in [7, 11) is 1.86. The highest BCUT2D eigenvalue weighted by Crippen LogP contribution is 2.28. The molecular weight excluding hydrogens is 344 g/mol. The van der Waals surface area contributed by atoms with Crippen molar-refractivity contribution in [2.24, 2.45) is 7.05 Å². The monoisotopic (exact) mass is 360 g/mol. The second-order valence-corrected chi connectivity index (χ2v) is 7.40. The molecule has 1 fully saturated rings. The van der Waals surface area contributed by atoms with Crippen molar-refractivity contribution in [2.45, 2.75) is 6.10 Å². The zero-order chi connectivity index (χ0) is 16.5. The lowest BCUT2D eigenvalue weighted by Gasteiger charge is -2.32. The lowest BCUT2D eigenvalue weighted by molar-refractivity contribution is -0.0213. The van der Waals surface area contributed by atoms with Crippen LogP contribution in [0.15, 0.2) is 35.3 Å². The van der Waals surface area contributed by atoms with E-state index in [0.717, 1.165) is 15.4 Å². The molecule has 3 aromatic rings. The highest BCUT2D eigenvalue weighted by atomic mass is 32.1. The summed E-state index contributed by atoms with van der Waals surface area (Å²) in [5.74, 6) is -0.0359. The topological polar surface area (TPSA) is 60.2 Å². The van der Waals surface area contributed by atoms with Gasteiger partial charge >= 0.3 is 0 Å². The van der Waals surface area contributed by atoms with Crippen LogP contribution < -0.4 is 0 Å². The number of thiazole rings is 1. The summed E-state index contributed by atoms with van der Waals surface area (Å²) in [6, 6.07) is 4.05. The van der Waals surface area contributed by atoms with Gasteiger partial charge in [0.15, 0.2) is 0 Å². The average Bonchev–Trinajstić information content (AvgIpc) is 3.35. The third-order valence-corrected chi connectivity index (χ3v) is 5.75. The predicted octanol–water partition coefficient (Wildman–Crippen LogP) is 2.82. The molecule has 24 heavy (non-hydrogen) atoms. The Morgan fingerprint density at radius 3 is 3.08 bits per heavy atom. The van der Waals surface area contributed by atoms with Crippen molar-refractivity contribution in [3.63, 3.8) is 0 Å². The van der Waals surface area contributed by atoms with Gasteiger partial charge in [0.2, 0.25) is 0 Å². The molecule has 1 aliphatic heterocycles. The Bertz CT molecular complexity index is 840. The van der Waals surface area contributed by atoms with Gasteiger partial charge < -0.3 is 9.64 Å². The van der Waals surface area contributed by atoms with Crippen LogP contribution >= 0.6 is 22.7 Å². The Morgan fingerprint density at radius 1 is 1.42 bits per heavy atom. The third kappa shape index (κ3) is 3.00. The average molecular weight is 360 g/mol. The minimum atomic E-state index is -0.0425. The molecule has 1 aliphatic rings. The highest BCUT2D eigenvalue weighted by molar-refractivity contribution is 7.13. The normalized spacial score (nSPS) is 18.0. The van der Waals surface area contributed by atoms with E-state index in [2.05, 4.69) is 10.1 Å². The van der Waals surface area contributed by atoms with Crippen LogP contribution in [0.2, 0.25) is 0 Å². The number of thiophene rings is 1. The maximum atomic E-state index is 12.8. The largest absolute Gasteiger partial charge is 0.369 e. The molecule has 4 heterocycles. The van der Waals surface area contributed by atoms with Crippen LogP contribution in [0.25, 0.3) is 10.6 Å². The quantitative estimate of drug-likeness (QED) is 0.721. The molecule has 0 N–H and O–H groups in total. The van der Waals surface area contributed by atoms with E-state index < -0.39 is 0 Å². The molecule has 0 aromatic carbocycles. The zero-order valence-electron chi connectivity index (χ0n) is 13.1. The van der Waals surface area contributed by atoms with Gasteiger partial charge in [-0.05, 0) is 11.4 Å². The number of carbonyl (C=O) groups is 1. The molecular formula is C16H16N4O2S2. The first kappa shape index (κ1) is 15.5. The molecule has 4 rings (SSSR count). The molecule has 1 amide bonds. The van der Waals surface area contributed by atoms with Gasteiger partial charge in [-0.25, -0.2) is 4.98 Å². The number of hydrogen-bond donors (Lipinski definition) is 0. The third-order valence-electron chi connectivity index (χ3n) is 3.89. The molecule has 1 saturated heterocycles. The number of morpholine rings is 1. The molecule has 0 aliphatic carbocycles. The number of hydrogen-bond acceptors (Lipinski definition) is 6. The molecule has 124 valence electrons. The van der Waals surface area contributed by atoms with Crippen LogP contribution in [0.1, 0.15) is 21.5 Å². The smallest absolute Gasteiger partial charge is 0.273 e. The van der Waals surface area contributed by atoms with E-state index in [4.69, 9.17) is 4.74 Å². The summed E-state index contributed by atoms with van der Waals surface area (Å²) in [5.41, 5.74) is 1.42. The molecule has 0 radical (unpaired) electrons. The maximum absolute atomic E-state index is 12.8. The van der Waals surface area contributed by atoms with Crippen molar-refractivity contribution in [1.82, 2.24) is 19.7 Å². The first-order chi connectivity index (χ1) is 11.7. The van der Waals surface area contributed by atoms with Gasteiger partial charge in [0.05, 0.1) is 19.3 Å². The van der Waals surface area contributed by atoms with Crippen molar-refractivity contribution >= 4 is 28.6 Å². The SMILES string of the molecule is Cn1cc(-c2nc(C(=O)N3CCOC(c4cccs4)C3)cs2)cn1. The number of nitrogens with zero attached hydrogens (tertiary/aromatic N) is 4. The number of aromatic nitrogens is 3. The summed E-state index contributed by atoms with van der Waals surface area (Å²) in [5, 5.41) is 8.81. The van der Waals surface area contributed by atoms with Crippen LogP contribution in [-0.2, 0) is 11.8 Å². The lowest BCUT2D eigenvalue weighted by atomic mass is 10.2. The van der Waals surface area contributed by atoms with Gasteiger partial charge in [-0.1, -0.05) is 6.07 Å². The minimum Gasteiger partial charge on any atom is -0.369 e. The molecule has 1 atom stereocenters. The number of carbonyl (C=O) groups excluding carboxylic acids is 1. The zero-order valence-corrected chi connectivity index (χ0v) is 14.7. The van der Waals surface area contributed by atoms with Crippen LogP contribution in [0.4, 0.5) is 0 Å². The molecule has 3 aromatic heterocycles. The van der Waals surface area contributed by atoms with Crippen molar-refractivity contribution < 1.29 is 9.53 Å². The highest BCUT2D eigenvalue weighted by Gasteiger charge is 2.28. The van der Waals surface area contributed by atoms with Gasteiger partial charge in [0, 0.05) is 35.6 Å². The lowest BCUT2D eigenvalue weighted by Crippen LogP contribution is -2.42. The molecule has 0 bridgehead atoms. The Balaban J connectivity index is 1.50. The number of ether oxygens (including phenoxy) is 1. The molecule has 1 unspecified atom stereocenters. The molecule has 6 nitrogen and oxygen atoms in total. The predicted molar refractivity (Wildman–Crippen MR) is 93.2 cm³/mol. The first-order valence-electron chi connectivity index (χ1n) is 7.59. The van der Waals surface area contributed by atoms with E-state index in [9.17, 15) is 4.79 Å². The fourth-order valence-corrected chi connectivity index (χ4v) is 4.21. The summed E-state index contributed by atoms with van der Waals surface area (Å²) in [4.78, 5) is 20.2. The fourth-order valence-electron chi connectivity index (χ4n) is 2.68. The Hall–Kier alpha value is -2.03. The van der Waals surface area contributed by atoms with E-state index in [-0.39, 0.29) is 12.0 Å². The van der Waals surface area contributed by atoms with Gasteiger partial charge in [-0.2, -0.15) is 5.10 Å². The number of aryl methyl sites for hydroxylation is 1. The summed E-state index contributed by atoms with van der Waals surface area (Å²) in [6.45, 7) is 1.72. The first-order valence-corrected chi connectivity index (χ1v) is 9.35. The molecule has 0 saturated carbocycles. The van der Waals surface area contributed by atoms with E-state index >= 15 is 0 Å². The summed E-state index contributed by atoms with van der Waals surface area (Å²) < 4.78 is 7.53. The van der Waals surface area contributed by atoms with Crippen molar-refractivity contribution in [1.29, 1.82) is 0 Å². The molecule has 0 spiro atoms. The van der Waals surface area contributed by atoms with Crippen LogP contribution in [0.3, 0.4) is 0 Å². The van der Waals surface area contributed by atoms with Gasteiger partial charge in [-0.15, -0.1) is 22.7 Å². The van der Waals surface area contributed by atoms with Gasteiger partial charge in [0.25, 0.3) is 5.91 Å². The van der Waals surface area contributed by atoms with Gasteiger partial charge in [-0.3, -0.25) is 9.48 Å². The van der Waals surface area contributed by atoms with E-state index in [1.807, 2.05) is 41.0 Å². The van der Waals surface area contributed by atoms with Crippen molar-refractivity contribution in [3.8, 4) is 10.6 Å². The van der Waals surface area contributed by atoms with Crippen molar-refractivity contribution in [2.75, 3.05) is 19.7 Å². The van der Waals surface area contributed by atoms with Crippen LogP contribution in [-0.4, -0.2) is 45.3 Å². The Labute approximate surface area is 147 Å². The van der Waals surface area contributed by atoms with E-state index in [1.165, 1.54) is 11.3 Å². The summed E-state index contributed by atoms with van der Waals surface area (Å²) >= 11 is 3.12. The van der Waals surface area contributed by atoms with Crippen LogP contribution in [0.5, 0.6) is 0 Å². The number of rotatable bonds is 3. The Kier molecular flexibility index (Phi) is 4.17. The minimum absolute atomic E-state index is 0.0359. The second kappa shape index (κ2) is 6.46. The van der Waals surface area contributed by atoms with Gasteiger partial charge in [0.1, 0.15) is 16.8 Å². The molecule has 8 heteroatoms. The summed E-state index contributed by atoms with van der Waals surface area (Å²) in [6.07, 6.45) is 3.61. The number of amides is 1. The van der Waals surface area contributed by atoms with E-state index in [0.29, 0.717) is 25.4 Å². The second-order valence-electron chi connectivity index (χ2n) is 5.57. The van der Waals surface area contributed by atoms with E-state index in [1.54, 1.807) is 22.2 Å². The van der Waals surface area contributed by atoms with Crippen LogP contribution in [0, 0.1) is 0 Å². The maximum Gasteiger partial charge on any atom is 0.273 e. The fraction of sp³-hybridized carbons (Fsp3) is 0.312. The Morgan fingerprint density at radius 2 is 2.33 bits per heavy atom. The standard InChI is InChI=1S/C16H16N4O2S2/c1-19-8-11(7-17-19)15-18-12(10-24-15)16(21)20-4-5-22-13(9-20)14-3-2-6-23-14/h2-3,6-8,10,13H,4-5,9H2,1H3.